The van der Waals surface area contributed by atoms with E-state index in [1.165, 1.54) is 18.9 Å². The van der Waals surface area contributed by atoms with Gasteiger partial charge in [0.25, 0.3) is 0 Å². The van der Waals surface area contributed by atoms with Gasteiger partial charge in [-0.3, -0.25) is 14.5 Å². The summed E-state index contributed by atoms with van der Waals surface area (Å²) in [5.74, 6) is -0.0301. The highest BCUT2D eigenvalue weighted by atomic mass is 35.5. The third-order valence-corrected chi connectivity index (χ3v) is 2.86. The van der Waals surface area contributed by atoms with Crippen LogP contribution in [0.2, 0.25) is 5.02 Å². The molecule has 0 bridgehead atoms. The Labute approximate surface area is 130 Å². The molecule has 0 unspecified atom stereocenters. The number of carbonyl (C=O) groups is 2. The Morgan fingerprint density at radius 3 is 2.43 bits per heavy atom. The van der Waals surface area contributed by atoms with Crippen molar-refractivity contribution in [3.8, 4) is 5.75 Å². The second-order valence-corrected chi connectivity index (χ2v) is 6.16. The summed E-state index contributed by atoms with van der Waals surface area (Å²) in [6, 6.07) is 4.93. The number of ether oxygens (including phenoxy) is 1. The quantitative estimate of drug-likeness (QED) is 0.929. The van der Waals surface area contributed by atoms with E-state index in [-0.39, 0.29) is 23.9 Å². The lowest BCUT2D eigenvalue weighted by Gasteiger charge is -2.26. The minimum atomic E-state index is -0.363. The van der Waals surface area contributed by atoms with Gasteiger partial charge in [-0.15, -0.1) is 0 Å². The molecular formula is C15H21ClN2O3. The molecule has 0 heterocycles. The van der Waals surface area contributed by atoms with Gasteiger partial charge in [-0.2, -0.15) is 0 Å². The maximum absolute atomic E-state index is 12.1. The highest BCUT2D eigenvalue weighted by Crippen LogP contribution is 2.31. The molecule has 5 nitrogen and oxygen atoms in total. The average molecular weight is 313 g/mol. The molecule has 2 amide bonds. The van der Waals surface area contributed by atoms with Gasteiger partial charge in [-0.25, -0.2) is 0 Å². The van der Waals surface area contributed by atoms with Crippen molar-refractivity contribution in [2.75, 3.05) is 18.6 Å². The van der Waals surface area contributed by atoms with Crippen LogP contribution in [0.5, 0.6) is 5.75 Å². The first-order chi connectivity index (χ1) is 9.64. The number of nitrogens with one attached hydrogen (secondary N) is 1. The topological polar surface area (TPSA) is 58.6 Å². The van der Waals surface area contributed by atoms with Crippen molar-refractivity contribution in [1.29, 1.82) is 0 Å². The Kier molecular flexibility index (Phi) is 5.61. The molecule has 0 fully saturated rings. The molecule has 1 aromatic rings. The summed E-state index contributed by atoms with van der Waals surface area (Å²) < 4.78 is 5.23. The molecule has 0 aliphatic carbocycles. The van der Waals surface area contributed by atoms with Crippen LogP contribution in [0.4, 0.5) is 5.69 Å². The molecule has 0 spiro atoms. The van der Waals surface area contributed by atoms with Crippen LogP contribution in [0.15, 0.2) is 18.2 Å². The molecule has 1 aromatic carbocycles. The maximum atomic E-state index is 12.1. The lowest BCUT2D eigenvalue weighted by Crippen LogP contribution is -2.47. The molecule has 0 saturated heterocycles. The maximum Gasteiger partial charge on any atom is 0.240 e. The van der Waals surface area contributed by atoms with E-state index in [1.807, 2.05) is 20.8 Å². The van der Waals surface area contributed by atoms with Crippen molar-refractivity contribution in [3.05, 3.63) is 23.2 Å². The van der Waals surface area contributed by atoms with E-state index in [0.717, 1.165) is 0 Å². The standard InChI is InChI=1S/C15H21ClN2O3/c1-10(19)18(9-14(20)17-15(2,3)4)12-8-11(16)6-7-13(12)21-5/h6-8H,9H2,1-5H3,(H,17,20). The fourth-order valence-electron chi connectivity index (χ4n) is 1.84. The van der Waals surface area contributed by atoms with E-state index in [2.05, 4.69) is 5.32 Å². The molecular weight excluding hydrogens is 292 g/mol. The van der Waals surface area contributed by atoms with E-state index >= 15 is 0 Å². The Morgan fingerprint density at radius 1 is 1.33 bits per heavy atom. The number of carbonyl (C=O) groups excluding carboxylic acids is 2. The molecule has 0 aromatic heterocycles. The van der Waals surface area contributed by atoms with Gasteiger partial charge in [0, 0.05) is 17.5 Å². The van der Waals surface area contributed by atoms with Gasteiger partial charge in [0.1, 0.15) is 12.3 Å². The number of rotatable bonds is 4. The normalized spacial score (nSPS) is 11.0. The molecule has 0 aliphatic rings. The van der Waals surface area contributed by atoms with E-state index in [1.54, 1.807) is 18.2 Å². The number of benzene rings is 1. The molecule has 1 rings (SSSR count). The lowest BCUT2D eigenvalue weighted by atomic mass is 10.1. The third kappa shape index (κ3) is 5.27. The predicted molar refractivity (Wildman–Crippen MR) is 83.9 cm³/mol. The van der Waals surface area contributed by atoms with E-state index in [9.17, 15) is 9.59 Å². The van der Waals surface area contributed by atoms with Gasteiger partial charge in [0.2, 0.25) is 11.8 Å². The number of hydrogen-bond acceptors (Lipinski definition) is 3. The van der Waals surface area contributed by atoms with Crippen molar-refractivity contribution in [1.82, 2.24) is 5.32 Å². The van der Waals surface area contributed by atoms with Crippen molar-refractivity contribution in [2.45, 2.75) is 33.2 Å². The van der Waals surface area contributed by atoms with Crippen molar-refractivity contribution in [2.24, 2.45) is 0 Å². The largest absolute Gasteiger partial charge is 0.495 e. The Bertz CT molecular complexity index is 538. The Morgan fingerprint density at radius 2 is 1.95 bits per heavy atom. The van der Waals surface area contributed by atoms with Gasteiger partial charge < -0.3 is 10.1 Å². The molecule has 0 aliphatic heterocycles. The Balaban J connectivity index is 3.05. The van der Waals surface area contributed by atoms with Crippen LogP contribution in [0.3, 0.4) is 0 Å². The fraction of sp³-hybridized carbons (Fsp3) is 0.467. The number of hydrogen-bond donors (Lipinski definition) is 1. The second-order valence-electron chi connectivity index (χ2n) is 5.72. The number of anilines is 1. The fourth-order valence-corrected chi connectivity index (χ4v) is 2.01. The molecule has 21 heavy (non-hydrogen) atoms. The first-order valence-electron chi connectivity index (χ1n) is 6.56. The van der Waals surface area contributed by atoms with Gasteiger partial charge in [-0.1, -0.05) is 11.6 Å². The van der Waals surface area contributed by atoms with Crippen molar-refractivity contribution >= 4 is 29.1 Å². The summed E-state index contributed by atoms with van der Waals surface area (Å²) in [4.78, 5) is 25.3. The highest BCUT2D eigenvalue weighted by molar-refractivity contribution is 6.31. The zero-order valence-corrected chi connectivity index (χ0v) is 13.7. The van der Waals surface area contributed by atoms with Crippen LogP contribution in [0.1, 0.15) is 27.7 Å². The summed E-state index contributed by atoms with van der Waals surface area (Å²) in [7, 11) is 1.50. The molecule has 0 radical (unpaired) electrons. The number of nitrogens with zero attached hydrogens (tertiary/aromatic N) is 1. The molecule has 0 atom stereocenters. The SMILES string of the molecule is COc1ccc(Cl)cc1N(CC(=O)NC(C)(C)C)C(C)=O. The second kappa shape index (κ2) is 6.80. The number of amides is 2. The van der Waals surface area contributed by atoms with Gasteiger partial charge in [0.15, 0.2) is 0 Å². The van der Waals surface area contributed by atoms with Crippen LogP contribution >= 0.6 is 11.6 Å². The van der Waals surface area contributed by atoms with E-state index in [4.69, 9.17) is 16.3 Å². The van der Waals surface area contributed by atoms with E-state index in [0.29, 0.717) is 16.5 Å². The average Bonchev–Trinajstić information content (AvgIpc) is 2.33. The zero-order valence-electron chi connectivity index (χ0n) is 13.0. The summed E-state index contributed by atoms with van der Waals surface area (Å²) in [5, 5.41) is 3.29. The van der Waals surface area contributed by atoms with Crippen LogP contribution in [-0.2, 0) is 9.59 Å². The summed E-state index contributed by atoms with van der Waals surface area (Å²) >= 11 is 5.97. The Hall–Kier alpha value is -1.75. The minimum Gasteiger partial charge on any atom is -0.495 e. The summed E-state index contributed by atoms with van der Waals surface area (Å²) in [5.41, 5.74) is 0.111. The molecule has 0 saturated carbocycles. The molecule has 1 N–H and O–H groups in total. The zero-order chi connectivity index (χ0) is 16.2. The highest BCUT2D eigenvalue weighted by Gasteiger charge is 2.22. The smallest absolute Gasteiger partial charge is 0.240 e. The summed E-state index contributed by atoms with van der Waals surface area (Å²) in [6.45, 7) is 6.93. The van der Waals surface area contributed by atoms with Crippen LogP contribution in [-0.4, -0.2) is 31.0 Å². The minimum absolute atomic E-state index is 0.0939. The van der Waals surface area contributed by atoms with Crippen molar-refractivity contribution < 1.29 is 14.3 Å². The van der Waals surface area contributed by atoms with Crippen molar-refractivity contribution in [3.63, 3.8) is 0 Å². The third-order valence-electron chi connectivity index (χ3n) is 2.63. The molecule has 116 valence electrons. The van der Waals surface area contributed by atoms with Crippen LogP contribution < -0.4 is 15.0 Å². The lowest BCUT2D eigenvalue weighted by molar-refractivity contribution is -0.124. The monoisotopic (exact) mass is 312 g/mol. The van der Waals surface area contributed by atoms with Crippen LogP contribution in [0, 0.1) is 0 Å². The van der Waals surface area contributed by atoms with E-state index < -0.39 is 0 Å². The predicted octanol–water partition coefficient (Wildman–Crippen LogP) is 2.62. The van der Waals surface area contributed by atoms with Gasteiger partial charge in [-0.05, 0) is 39.0 Å². The number of methoxy groups -OCH3 is 1. The number of halogens is 1. The van der Waals surface area contributed by atoms with Gasteiger partial charge in [0.05, 0.1) is 12.8 Å². The molecule has 6 heteroatoms. The van der Waals surface area contributed by atoms with Gasteiger partial charge >= 0.3 is 0 Å². The first-order valence-corrected chi connectivity index (χ1v) is 6.94. The van der Waals surface area contributed by atoms with Crippen LogP contribution in [0.25, 0.3) is 0 Å². The summed E-state index contributed by atoms with van der Waals surface area (Å²) in [6.07, 6.45) is 0. The first kappa shape index (κ1) is 17.3.